The monoisotopic (exact) mass is 473 g/mol. The van der Waals surface area contributed by atoms with Gasteiger partial charge >= 0.3 is 5.97 Å². The van der Waals surface area contributed by atoms with Gasteiger partial charge in [-0.1, -0.05) is 69.0 Å². The molecule has 0 heterocycles. The number of hydrogen-bond donors (Lipinski definition) is 3. The van der Waals surface area contributed by atoms with Gasteiger partial charge < -0.3 is 20.0 Å². The van der Waals surface area contributed by atoms with Gasteiger partial charge in [-0.15, -0.1) is 0 Å². The Morgan fingerprint density at radius 3 is 2.45 bits per heavy atom. The zero-order valence-corrected chi connectivity index (χ0v) is 20.3. The van der Waals surface area contributed by atoms with Gasteiger partial charge in [0.15, 0.2) is 5.17 Å². The fourth-order valence-electron chi connectivity index (χ4n) is 3.21. The maximum atomic E-state index is 10.8. The highest BCUT2D eigenvalue weighted by Crippen LogP contribution is 2.29. The molecule has 0 saturated heterocycles. The second kappa shape index (κ2) is 15.2. The molecule has 0 unspecified atom stereocenters. The van der Waals surface area contributed by atoms with Crippen LogP contribution in [-0.4, -0.2) is 29.9 Å². The molecular weight excluding hydrogens is 438 g/mol. The lowest BCUT2D eigenvalue weighted by Gasteiger charge is -2.15. The van der Waals surface area contributed by atoms with Crippen LogP contribution in [0.25, 0.3) is 0 Å². The SMILES string of the molecule is CCCCCCCCOc1cc(SC(=NC)NN)ccc1COc1ccc(CC(=O)O)cc1. The van der Waals surface area contributed by atoms with Gasteiger partial charge in [-0.2, -0.15) is 0 Å². The predicted molar refractivity (Wildman–Crippen MR) is 134 cm³/mol. The van der Waals surface area contributed by atoms with E-state index in [0.29, 0.717) is 24.1 Å². The molecular formula is C25H35N3O4S. The van der Waals surface area contributed by atoms with Crippen molar-refractivity contribution in [3.63, 3.8) is 0 Å². The maximum Gasteiger partial charge on any atom is 0.307 e. The van der Waals surface area contributed by atoms with Crippen LogP contribution in [-0.2, 0) is 17.8 Å². The Morgan fingerprint density at radius 1 is 1.06 bits per heavy atom. The number of ether oxygens (including phenoxy) is 2. The minimum Gasteiger partial charge on any atom is -0.493 e. The van der Waals surface area contributed by atoms with Gasteiger partial charge in [0.1, 0.15) is 18.1 Å². The van der Waals surface area contributed by atoms with Crippen LogP contribution in [0.2, 0.25) is 0 Å². The van der Waals surface area contributed by atoms with Gasteiger partial charge in [-0.3, -0.25) is 9.79 Å². The Balaban J connectivity index is 2.01. The minimum atomic E-state index is -0.852. The second-order valence-corrected chi connectivity index (χ2v) is 8.73. The van der Waals surface area contributed by atoms with Crippen LogP contribution in [0.1, 0.15) is 56.6 Å². The van der Waals surface area contributed by atoms with E-state index < -0.39 is 5.97 Å². The average molecular weight is 474 g/mol. The first-order valence-electron chi connectivity index (χ1n) is 11.4. The largest absolute Gasteiger partial charge is 0.493 e. The van der Waals surface area contributed by atoms with Gasteiger partial charge in [0.05, 0.1) is 13.0 Å². The minimum absolute atomic E-state index is 0.00342. The van der Waals surface area contributed by atoms with Crippen molar-refractivity contribution in [1.29, 1.82) is 0 Å². The number of aliphatic imine (C=N–C) groups is 1. The fraction of sp³-hybridized carbons (Fsp3) is 0.440. The van der Waals surface area contributed by atoms with Crippen molar-refractivity contribution >= 4 is 22.9 Å². The molecule has 8 heteroatoms. The molecule has 7 nitrogen and oxygen atoms in total. The second-order valence-electron chi connectivity index (χ2n) is 7.66. The summed E-state index contributed by atoms with van der Waals surface area (Å²) in [7, 11) is 1.68. The number of hydrogen-bond acceptors (Lipinski definition) is 6. The van der Waals surface area contributed by atoms with Crippen molar-refractivity contribution in [3.05, 3.63) is 53.6 Å². The van der Waals surface area contributed by atoms with Crippen LogP contribution >= 0.6 is 11.8 Å². The van der Waals surface area contributed by atoms with Crippen LogP contribution in [0.4, 0.5) is 0 Å². The number of aliphatic carboxylic acids is 1. The highest BCUT2D eigenvalue weighted by atomic mass is 32.2. The number of amidine groups is 1. The quantitative estimate of drug-likeness (QED) is 0.0867. The molecule has 0 aliphatic heterocycles. The summed E-state index contributed by atoms with van der Waals surface area (Å²) in [6.07, 6.45) is 7.21. The molecule has 0 radical (unpaired) electrons. The number of rotatable bonds is 14. The van der Waals surface area contributed by atoms with Gasteiger partial charge in [0.2, 0.25) is 0 Å². The maximum absolute atomic E-state index is 10.8. The van der Waals surface area contributed by atoms with Crippen molar-refractivity contribution in [3.8, 4) is 11.5 Å². The highest BCUT2D eigenvalue weighted by molar-refractivity contribution is 8.13. The molecule has 4 N–H and O–H groups in total. The van der Waals surface area contributed by atoms with Crippen molar-refractivity contribution in [1.82, 2.24) is 5.43 Å². The lowest BCUT2D eigenvalue weighted by molar-refractivity contribution is -0.136. The molecule has 33 heavy (non-hydrogen) atoms. The summed E-state index contributed by atoms with van der Waals surface area (Å²) in [6.45, 7) is 3.22. The third-order valence-electron chi connectivity index (χ3n) is 5.01. The molecule has 0 aromatic heterocycles. The van der Waals surface area contributed by atoms with E-state index in [-0.39, 0.29) is 6.42 Å². The Kier molecular flexibility index (Phi) is 12.2. The lowest BCUT2D eigenvalue weighted by Crippen LogP contribution is -2.27. The number of nitrogens with one attached hydrogen (secondary N) is 1. The van der Waals surface area contributed by atoms with E-state index >= 15 is 0 Å². The van der Waals surface area contributed by atoms with Crippen LogP contribution in [0.5, 0.6) is 11.5 Å². The number of nitrogens with two attached hydrogens (primary N) is 1. The number of hydrazine groups is 1. The predicted octanol–water partition coefficient (Wildman–Crippen LogP) is 5.17. The number of nitrogens with zero attached hydrogens (tertiary/aromatic N) is 1. The van der Waals surface area contributed by atoms with Crippen LogP contribution in [0.15, 0.2) is 52.4 Å². The van der Waals surface area contributed by atoms with E-state index in [1.807, 2.05) is 18.2 Å². The Morgan fingerprint density at radius 2 is 1.79 bits per heavy atom. The molecule has 0 fully saturated rings. The van der Waals surface area contributed by atoms with E-state index in [1.165, 1.54) is 37.4 Å². The first-order chi connectivity index (χ1) is 16.0. The topological polar surface area (TPSA) is 106 Å². The summed E-state index contributed by atoms with van der Waals surface area (Å²) in [5.41, 5.74) is 4.26. The summed E-state index contributed by atoms with van der Waals surface area (Å²) in [4.78, 5) is 15.9. The summed E-state index contributed by atoms with van der Waals surface area (Å²) < 4.78 is 12.1. The first kappa shape index (κ1) is 26.5. The van der Waals surface area contributed by atoms with Crippen LogP contribution < -0.4 is 20.7 Å². The molecule has 0 aliphatic rings. The lowest BCUT2D eigenvalue weighted by atomic mass is 10.1. The molecule has 2 rings (SSSR count). The van der Waals surface area contributed by atoms with Gasteiger partial charge in [0, 0.05) is 17.5 Å². The summed E-state index contributed by atoms with van der Waals surface area (Å²) in [6, 6.07) is 13.1. The average Bonchev–Trinajstić information content (AvgIpc) is 2.82. The molecule has 2 aromatic carbocycles. The van der Waals surface area contributed by atoms with Gasteiger partial charge in [-0.25, -0.2) is 5.84 Å². The number of benzene rings is 2. The standard InChI is InChI=1S/C25H35N3O4S/c1-3-4-5-6-7-8-15-31-23-17-22(33-25(27-2)28-26)14-11-20(23)18-32-21-12-9-19(10-13-21)16-24(29)30/h9-14,17H,3-8,15-16,18,26H2,1-2H3,(H,27,28)(H,29,30). The Hall–Kier alpha value is -2.71. The molecule has 0 amide bonds. The van der Waals surface area contributed by atoms with Crippen molar-refractivity contribution in [2.75, 3.05) is 13.7 Å². The zero-order chi connectivity index (χ0) is 23.9. The number of thioether (sulfide) groups is 1. The summed E-state index contributed by atoms with van der Waals surface area (Å²) in [5.74, 6) is 6.12. The van der Waals surface area contributed by atoms with Crippen molar-refractivity contribution < 1.29 is 19.4 Å². The van der Waals surface area contributed by atoms with Crippen LogP contribution in [0, 0.1) is 0 Å². The van der Waals surface area contributed by atoms with Crippen molar-refractivity contribution in [2.24, 2.45) is 10.8 Å². The molecule has 0 spiro atoms. The zero-order valence-electron chi connectivity index (χ0n) is 19.5. The van der Waals surface area contributed by atoms with E-state index in [0.717, 1.165) is 34.6 Å². The summed E-state index contributed by atoms with van der Waals surface area (Å²) in [5, 5.41) is 9.52. The smallest absolute Gasteiger partial charge is 0.307 e. The molecule has 2 aromatic rings. The molecule has 0 saturated carbocycles. The first-order valence-corrected chi connectivity index (χ1v) is 12.2. The molecule has 0 atom stereocenters. The number of unbranched alkanes of at least 4 members (excludes halogenated alkanes) is 5. The number of carboxylic acids is 1. The van der Waals surface area contributed by atoms with Gasteiger partial charge in [-0.05, 0) is 36.2 Å². The normalized spacial score (nSPS) is 11.3. The third-order valence-corrected chi connectivity index (χ3v) is 5.99. The van der Waals surface area contributed by atoms with Crippen LogP contribution in [0.3, 0.4) is 0 Å². The van der Waals surface area contributed by atoms with E-state index in [2.05, 4.69) is 17.3 Å². The van der Waals surface area contributed by atoms with E-state index in [1.54, 1.807) is 31.3 Å². The Bertz CT molecular complexity index is 888. The molecule has 0 bridgehead atoms. The number of carboxylic acid groups (broad SMARTS) is 1. The van der Waals surface area contributed by atoms with E-state index in [9.17, 15) is 4.79 Å². The fourth-order valence-corrected chi connectivity index (χ4v) is 3.88. The highest BCUT2D eigenvalue weighted by Gasteiger charge is 2.10. The van der Waals surface area contributed by atoms with Gasteiger partial charge in [0.25, 0.3) is 0 Å². The Labute approximate surface area is 200 Å². The molecule has 180 valence electrons. The van der Waals surface area contributed by atoms with Crippen molar-refractivity contribution in [2.45, 2.75) is 63.4 Å². The number of carbonyl (C=O) groups is 1. The third kappa shape index (κ3) is 10.2. The molecule has 0 aliphatic carbocycles. The van der Waals surface area contributed by atoms with E-state index in [4.69, 9.17) is 20.4 Å². The summed E-state index contributed by atoms with van der Waals surface area (Å²) >= 11 is 1.43.